The van der Waals surface area contributed by atoms with Crippen LogP contribution in [0.5, 0.6) is 0 Å². The van der Waals surface area contributed by atoms with Crippen molar-refractivity contribution in [1.82, 2.24) is 9.13 Å². The van der Waals surface area contributed by atoms with Gasteiger partial charge in [-0.1, -0.05) is 18.2 Å². The normalized spacial score (nSPS) is 14.2. The summed E-state index contributed by atoms with van der Waals surface area (Å²) in [5.41, 5.74) is 4.39. The lowest BCUT2D eigenvalue weighted by Crippen LogP contribution is -2.42. The smallest absolute Gasteiger partial charge is 0.335 e. The molecule has 0 atom stereocenters. The fourth-order valence-corrected chi connectivity index (χ4v) is 2.16. The molecule has 0 aliphatic heterocycles. The summed E-state index contributed by atoms with van der Waals surface area (Å²) in [6, 6.07) is 8.57. The largest absolute Gasteiger partial charge is 0.365 e. The zero-order chi connectivity index (χ0) is 14.3. The van der Waals surface area contributed by atoms with Crippen LogP contribution in [0.3, 0.4) is 0 Å². The molecule has 0 spiro atoms. The molecule has 1 fully saturated rings. The van der Waals surface area contributed by atoms with Crippen molar-refractivity contribution < 1.29 is 4.79 Å². The van der Waals surface area contributed by atoms with Crippen molar-refractivity contribution in [3.8, 4) is 5.69 Å². The molecule has 3 rings (SSSR count). The number of aromatic nitrogens is 2. The number of hydrogen-bond donors (Lipinski definition) is 1. The Kier molecular flexibility index (Phi) is 2.78. The van der Waals surface area contributed by atoms with Gasteiger partial charge in [0.25, 0.3) is 11.5 Å². The number of benzene rings is 1. The molecule has 6 nitrogen and oxygen atoms in total. The highest BCUT2D eigenvalue weighted by molar-refractivity contribution is 5.92. The molecule has 1 aromatic heterocycles. The van der Waals surface area contributed by atoms with E-state index in [4.69, 9.17) is 5.73 Å². The average Bonchev–Trinajstić information content (AvgIpc) is 3.24. The van der Waals surface area contributed by atoms with Crippen LogP contribution in [0.2, 0.25) is 0 Å². The molecule has 1 amide bonds. The first kappa shape index (κ1) is 12.4. The molecule has 1 heterocycles. The standard InChI is InChI=1S/C14H13N3O3/c15-12(18)11-8-16(9-6-7-9)14(20)17(13(11)19)10-4-2-1-3-5-10/h1-5,8-9H,6-7H2,(H2,15,18). The molecule has 1 aliphatic carbocycles. The highest BCUT2D eigenvalue weighted by Crippen LogP contribution is 2.33. The minimum absolute atomic E-state index is 0.0520. The Labute approximate surface area is 114 Å². The van der Waals surface area contributed by atoms with Gasteiger partial charge in [0.05, 0.1) is 5.69 Å². The number of nitrogens with two attached hydrogens (primary N) is 1. The molecule has 6 heteroatoms. The molecule has 0 saturated heterocycles. The number of carbonyl (C=O) groups excluding carboxylic acids is 1. The third-order valence-electron chi connectivity index (χ3n) is 3.33. The molecule has 2 N–H and O–H groups in total. The number of nitrogens with zero attached hydrogens (tertiary/aromatic N) is 2. The van der Waals surface area contributed by atoms with Gasteiger partial charge in [0.1, 0.15) is 5.56 Å². The summed E-state index contributed by atoms with van der Waals surface area (Å²) in [5, 5.41) is 0. The third-order valence-corrected chi connectivity index (χ3v) is 3.33. The highest BCUT2D eigenvalue weighted by Gasteiger charge is 2.28. The van der Waals surface area contributed by atoms with Gasteiger partial charge in [-0.25, -0.2) is 9.36 Å². The summed E-state index contributed by atoms with van der Waals surface area (Å²) >= 11 is 0. The monoisotopic (exact) mass is 271 g/mol. The topological polar surface area (TPSA) is 87.1 Å². The van der Waals surface area contributed by atoms with Gasteiger partial charge in [-0.15, -0.1) is 0 Å². The van der Waals surface area contributed by atoms with Crippen LogP contribution < -0.4 is 17.0 Å². The number of carbonyl (C=O) groups is 1. The van der Waals surface area contributed by atoms with Gasteiger partial charge in [-0.05, 0) is 25.0 Å². The quantitative estimate of drug-likeness (QED) is 0.878. The van der Waals surface area contributed by atoms with E-state index in [9.17, 15) is 14.4 Å². The molecule has 102 valence electrons. The van der Waals surface area contributed by atoms with Gasteiger partial charge >= 0.3 is 5.69 Å². The predicted octanol–water partition coefficient (Wildman–Crippen LogP) is 0.433. The Morgan fingerprint density at radius 3 is 2.35 bits per heavy atom. The summed E-state index contributed by atoms with van der Waals surface area (Å²) in [6.07, 6.45) is 3.01. The molecular formula is C14H13N3O3. The number of para-hydroxylation sites is 1. The van der Waals surface area contributed by atoms with Gasteiger partial charge in [0.2, 0.25) is 0 Å². The van der Waals surface area contributed by atoms with Crippen LogP contribution in [0.15, 0.2) is 46.1 Å². The summed E-state index contributed by atoms with van der Waals surface area (Å²) in [5.74, 6) is -0.825. The van der Waals surface area contributed by atoms with Crippen LogP contribution >= 0.6 is 0 Å². The van der Waals surface area contributed by atoms with Gasteiger partial charge in [-0.2, -0.15) is 0 Å². The molecule has 2 aromatic rings. The van der Waals surface area contributed by atoms with Crippen molar-refractivity contribution in [2.75, 3.05) is 0 Å². The van der Waals surface area contributed by atoms with Crippen LogP contribution in [0.1, 0.15) is 29.2 Å². The second-order valence-electron chi connectivity index (χ2n) is 4.80. The van der Waals surface area contributed by atoms with E-state index < -0.39 is 17.2 Å². The highest BCUT2D eigenvalue weighted by atomic mass is 16.2. The van der Waals surface area contributed by atoms with Crippen molar-refractivity contribution >= 4 is 5.91 Å². The predicted molar refractivity (Wildman–Crippen MR) is 73.1 cm³/mol. The average molecular weight is 271 g/mol. The maximum Gasteiger partial charge on any atom is 0.335 e. The Balaban J connectivity index is 2.35. The van der Waals surface area contributed by atoms with Crippen molar-refractivity contribution in [1.29, 1.82) is 0 Å². The molecular weight excluding hydrogens is 258 g/mol. The van der Waals surface area contributed by atoms with Gasteiger partial charge in [0, 0.05) is 12.2 Å². The molecule has 20 heavy (non-hydrogen) atoms. The van der Waals surface area contributed by atoms with E-state index in [1.54, 1.807) is 30.3 Å². The first-order valence-corrected chi connectivity index (χ1v) is 6.33. The Morgan fingerprint density at radius 2 is 1.80 bits per heavy atom. The van der Waals surface area contributed by atoms with E-state index in [1.807, 2.05) is 0 Å². The Bertz CT molecular complexity index is 786. The summed E-state index contributed by atoms with van der Waals surface area (Å²) in [4.78, 5) is 36.1. The van der Waals surface area contributed by atoms with E-state index in [0.29, 0.717) is 5.69 Å². The summed E-state index contributed by atoms with van der Waals surface area (Å²) < 4.78 is 2.42. The van der Waals surface area contributed by atoms with E-state index in [2.05, 4.69) is 0 Å². The maximum atomic E-state index is 12.4. The fraction of sp³-hybridized carbons (Fsp3) is 0.214. The van der Waals surface area contributed by atoms with Crippen LogP contribution in [0.4, 0.5) is 0 Å². The van der Waals surface area contributed by atoms with E-state index in [-0.39, 0.29) is 11.6 Å². The molecule has 1 aromatic carbocycles. The molecule has 0 radical (unpaired) electrons. The van der Waals surface area contributed by atoms with E-state index >= 15 is 0 Å². The summed E-state index contributed by atoms with van der Waals surface area (Å²) in [7, 11) is 0. The number of amides is 1. The zero-order valence-electron chi connectivity index (χ0n) is 10.7. The molecule has 1 saturated carbocycles. The van der Waals surface area contributed by atoms with Crippen LogP contribution in [-0.4, -0.2) is 15.0 Å². The Morgan fingerprint density at radius 1 is 1.15 bits per heavy atom. The van der Waals surface area contributed by atoms with Crippen LogP contribution in [0, 0.1) is 0 Å². The molecule has 0 unspecified atom stereocenters. The lowest BCUT2D eigenvalue weighted by atomic mass is 10.2. The molecule has 0 bridgehead atoms. The molecule has 1 aliphatic rings. The van der Waals surface area contributed by atoms with Gasteiger partial charge < -0.3 is 5.73 Å². The van der Waals surface area contributed by atoms with E-state index in [0.717, 1.165) is 17.4 Å². The second-order valence-corrected chi connectivity index (χ2v) is 4.80. The lowest BCUT2D eigenvalue weighted by molar-refractivity contribution is 0.0997. The van der Waals surface area contributed by atoms with Crippen molar-refractivity contribution in [3.05, 3.63) is 62.9 Å². The maximum absolute atomic E-state index is 12.4. The van der Waals surface area contributed by atoms with Crippen LogP contribution in [0.25, 0.3) is 5.69 Å². The first-order valence-electron chi connectivity index (χ1n) is 6.33. The van der Waals surface area contributed by atoms with Crippen molar-refractivity contribution in [2.24, 2.45) is 5.73 Å². The fourth-order valence-electron chi connectivity index (χ4n) is 2.16. The number of rotatable bonds is 3. The minimum Gasteiger partial charge on any atom is -0.365 e. The number of hydrogen-bond acceptors (Lipinski definition) is 3. The third kappa shape index (κ3) is 1.95. The number of primary amides is 1. The second kappa shape index (κ2) is 4.48. The minimum atomic E-state index is -0.825. The first-order chi connectivity index (χ1) is 9.59. The van der Waals surface area contributed by atoms with Crippen molar-refractivity contribution in [3.63, 3.8) is 0 Å². The van der Waals surface area contributed by atoms with Gasteiger partial charge in [-0.3, -0.25) is 14.2 Å². The Hall–Kier alpha value is -2.63. The van der Waals surface area contributed by atoms with Crippen LogP contribution in [-0.2, 0) is 0 Å². The zero-order valence-corrected chi connectivity index (χ0v) is 10.7. The van der Waals surface area contributed by atoms with Crippen molar-refractivity contribution in [2.45, 2.75) is 18.9 Å². The van der Waals surface area contributed by atoms with E-state index in [1.165, 1.54) is 10.8 Å². The lowest BCUT2D eigenvalue weighted by Gasteiger charge is -2.11. The SMILES string of the molecule is NC(=O)c1cn(C2CC2)c(=O)n(-c2ccccc2)c1=O. The van der Waals surface area contributed by atoms with Gasteiger partial charge in [0.15, 0.2) is 0 Å². The summed E-state index contributed by atoms with van der Waals surface area (Å²) in [6.45, 7) is 0.